The largest absolute Gasteiger partial charge is 0.329 e. The lowest BCUT2D eigenvalue weighted by atomic mass is 10.0. The van der Waals surface area contributed by atoms with Crippen LogP contribution >= 0.6 is 11.3 Å². The summed E-state index contributed by atoms with van der Waals surface area (Å²) < 4.78 is 3.21. The van der Waals surface area contributed by atoms with Gasteiger partial charge in [-0.1, -0.05) is 30.3 Å². The van der Waals surface area contributed by atoms with Crippen LogP contribution in [-0.4, -0.2) is 37.1 Å². The molecular formula is C21H19N5OS. The molecule has 0 unspecified atom stereocenters. The van der Waals surface area contributed by atoms with Crippen molar-refractivity contribution in [2.45, 2.75) is 25.9 Å². The zero-order valence-electron chi connectivity index (χ0n) is 15.4. The summed E-state index contributed by atoms with van der Waals surface area (Å²) >= 11 is 1.55. The van der Waals surface area contributed by atoms with Gasteiger partial charge >= 0.3 is 0 Å². The smallest absolute Gasteiger partial charge is 0.254 e. The molecule has 0 fully saturated rings. The molecule has 0 aliphatic carbocycles. The summed E-state index contributed by atoms with van der Waals surface area (Å²) in [6.45, 7) is 3.09. The molecule has 0 saturated carbocycles. The van der Waals surface area contributed by atoms with Crippen molar-refractivity contribution in [3.63, 3.8) is 0 Å². The maximum atomic E-state index is 13.2. The molecule has 5 rings (SSSR count). The number of hydrogen-bond donors (Lipinski definition) is 0. The summed E-state index contributed by atoms with van der Waals surface area (Å²) in [7, 11) is 0. The van der Waals surface area contributed by atoms with E-state index in [2.05, 4.69) is 31.9 Å². The van der Waals surface area contributed by atoms with Crippen LogP contribution in [0.3, 0.4) is 0 Å². The van der Waals surface area contributed by atoms with E-state index in [9.17, 15) is 4.79 Å². The first-order valence-corrected chi connectivity index (χ1v) is 10.1. The van der Waals surface area contributed by atoms with Gasteiger partial charge in [-0.15, -0.1) is 21.5 Å². The third kappa shape index (κ3) is 2.97. The van der Waals surface area contributed by atoms with Crippen LogP contribution in [0.1, 0.15) is 33.6 Å². The van der Waals surface area contributed by atoms with Crippen molar-refractivity contribution in [1.29, 1.82) is 0 Å². The van der Waals surface area contributed by atoms with E-state index in [1.165, 1.54) is 5.56 Å². The summed E-state index contributed by atoms with van der Waals surface area (Å²) in [5.41, 5.74) is 4.67. The van der Waals surface area contributed by atoms with Gasteiger partial charge < -0.3 is 9.47 Å². The van der Waals surface area contributed by atoms with Gasteiger partial charge in [0.1, 0.15) is 5.82 Å². The van der Waals surface area contributed by atoms with Gasteiger partial charge in [-0.2, -0.15) is 0 Å². The number of carbonyl (C=O) groups is 1. The number of amides is 1. The third-order valence-corrected chi connectivity index (χ3v) is 6.04. The van der Waals surface area contributed by atoms with Crippen molar-refractivity contribution in [1.82, 2.24) is 24.6 Å². The fourth-order valence-electron chi connectivity index (χ4n) is 3.93. The first kappa shape index (κ1) is 17.1. The van der Waals surface area contributed by atoms with Crippen LogP contribution in [0.15, 0.2) is 54.0 Å². The van der Waals surface area contributed by atoms with Crippen molar-refractivity contribution in [2.24, 2.45) is 0 Å². The molecule has 140 valence electrons. The van der Waals surface area contributed by atoms with E-state index < -0.39 is 0 Å². The van der Waals surface area contributed by atoms with Gasteiger partial charge in [-0.05, 0) is 37.1 Å². The fraction of sp³-hybridized carbons (Fsp3) is 0.238. The SMILES string of the molecule is Cc1nnc2n1[C@H](Cc1ccccc1)CN(C(=O)c1ccc3ncsc3c1)C2. The minimum atomic E-state index is 0.0280. The molecule has 4 aromatic rings. The maximum Gasteiger partial charge on any atom is 0.254 e. The number of rotatable bonds is 3. The second-order valence-electron chi connectivity index (χ2n) is 7.10. The van der Waals surface area contributed by atoms with Crippen molar-refractivity contribution in [3.8, 4) is 0 Å². The Kier molecular flexibility index (Phi) is 4.16. The molecule has 28 heavy (non-hydrogen) atoms. The lowest BCUT2D eigenvalue weighted by Crippen LogP contribution is -2.42. The molecule has 0 N–H and O–H groups in total. The molecule has 0 radical (unpaired) electrons. The highest BCUT2D eigenvalue weighted by atomic mass is 32.1. The maximum absolute atomic E-state index is 13.2. The van der Waals surface area contributed by atoms with Crippen molar-refractivity contribution >= 4 is 27.5 Å². The number of carbonyl (C=O) groups excluding carboxylic acids is 1. The molecule has 0 saturated heterocycles. The lowest BCUT2D eigenvalue weighted by molar-refractivity contribution is 0.0672. The number of aromatic nitrogens is 4. The van der Waals surface area contributed by atoms with E-state index in [-0.39, 0.29) is 11.9 Å². The Balaban J connectivity index is 1.46. The first-order chi connectivity index (χ1) is 13.7. The number of benzene rings is 2. The van der Waals surface area contributed by atoms with Gasteiger partial charge in [-0.3, -0.25) is 4.79 Å². The van der Waals surface area contributed by atoms with E-state index in [1.54, 1.807) is 16.8 Å². The Labute approximate surface area is 166 Å². The molecule has 1 aliphatic heterocycles. The minimum absolute atomic E-state index is 0.0280. The second kappa shape index (κ2) is 6.83. The van der Waals surface area contributed by atoms with E-state index in [1.807, 2.05) is 48.2 Å². The Morgan fingerprint density at radius 3 is 2.89 bits per heavy atom. The van der Waals surface area contributed by atoms with E-state index in [4.69, 9.17) is 0 Å². The molecular weight excluding hydrogens is 370 g/mol. The third-order valence-electron chi connectivity index (χ3n) is 5.25. The molecule has 7 heteroatoms. The Morgan fingerprint density at radius 2 is 2.04 bits per heavy atom. The predicted molar refractivity (Wildman–Crippen MR) is 108 cm³/mol. The minimum Gasteiger partial charge on any atom is -0.329 e. The standard InChI is InChI=1S/C21H19N5OS/c1-14-23-24-20-12-25(11-17(26(14)20)9-15-5-3-2-4-6-15)21(27)16-7-8-18-19(10-16)28-13-22-18/h2-8,10,13,17H,9,11-12H2,1H3/t17-/m1/s1. The zero-order chi connectivity index (χ0) is 19.1. The second-order valence-corrected chi connectivity index (χ2v) is 7.98. The van der Waals surface area contributed by atoms with Crippen LogP contribution in [0, 0.1) is 6.92 Å². The quantitative estimate of drug-likeness (QED) is 0.537. The van der Waals surface area contributed by atoms with Crippen molar-refractivity contribution in [3.05, 3.63) is 76.8 Å². The molecule has 6 nitrogen and oxygen atoms in total. The highest BCUT2D eigenvalue weighted by Crippen LogP contribution is 2.27. The summed E-state index contributed by atoms with van der Waals surface area (Å²) in [6.07, 6.45) is 0.838. The Morgan fingerprint density at radius 1 is 1.18 bits per heavy atom. The Hall–Kier alpha value is -3.06. The highest BCUT2D eigenvalue weighted by molar-refractivity contribution is 7.16. The number of thiazole rings is 1. The number of aryl methyl sites for hydroxylation is 1. The monoisotopic (exact) mass is 389 g/mol. The van der Waals surface area contributed by atoms with Crippen LogP contribution in [0.25, 0.3) is 10.2 Å². The normalized spacial score (nSPS) is 16.3. The molecule has 0 bridgehead atoms. The first-order valence-electron chi connectivity index (χ1n) is 9.26. The number of fused-ring (bicyclic) bond motifs is 2. The lowest BCUT2D eigenvalue weighted by Gasteiger charge is -2.34. The van der Waals surface area contributed by atoms with Crippen LogP contribution in [0.4, 0.5) is 0 Å². The summed E-state index contributed by atoms with van der Waals surface area (Å²) in [6, 6.07) is 16.2. The van der Waals surface area contributed by atoms with Gasteiger partial charge in [0.2, 0.25) is 0 Å². The highest BCUT2D eigenvalue weighted by Gasteiger charge is 2.31. The molecule has 3 heterocycles. The van der Waals surface area contributed by atoms with E-state index in [0.717, 1.165) is 28.3 Å². The topological polar surface area (TPSA) is 63.9 Å². The Bertz CT molecular complexity index is 1150. The number of nitrogens with zero attached hydrogens (tertiary/aromatic N) is 5. The number of hydrogen-bond acceptors (Lipinski definition) is 5. The van der Waals surface area contributed by atoms with Crippen LogP contribution in [0.2, 0.25) is 0 Å². The van der Waals surface area contributed by atoms with Gasteiger partial charge in [0, 0.05) is 12.1 Å². The molecule has 1 aliphatic rings. The summed E-state index contributed by atoms with van der Waals surface area (Å²) in [4.78, 5) is 19.4. The summed E-state index contributed by atoms with van der Waals surface area (Å²) in [5, 5.41) is 8.59. The average Bonchev–Trinajstić information content (AvgIpc) is 3.34. The zero-order valence-corrected chi connectivity index (χ0v) is 16.3. The fourth-order valence-corrected chi connectivity index (χ4v) is 4.65. The van der Waals surface area contributed by atoms with Crippen LogP contribution in [0.5, 0.6) is 0 Å². The summed E-state index contributed by atoms with van der Waals surface area (Å²) in [5.74, 6) is 1.77. The average molecular weight is 389 g/mol. The molecule has 2 aromatic carbocycles. The van der Waals surface area contributed by atoms with E-state index in [0.29, 0.717) is 18.7 Å². The van der Waals surface area contributed by atoms with Crippen molar-refractivity contribution < 1.29 is 4.79 Å². The van der Waals surface area contributed by atoms with Gasteiger partial charge in [-0.25, -0.2) is 4.98 Å². The van der Waals surface area contributed by atoms with Gasteiger partial charge in [0.25, 0.3) is 5.91 Å². The van der Waals surface area contributed by atoms with Crippen molar-refractivity contribution in [2.75, 3.05) is 6.54 Å². The predicted octanol–water partition coefficient (Wildman–Crippen LogP) is 3.64. The molecule has 1 amide bonds. The van der Waals surface area contributed by atoms with Crippen LogP contribution < -0.4 is 0 Å². The van der Waals surface area contributed by atoms with E-state index >= 15 is 0 Å². The van der Waals surface area contributed by atoms with Crippen LogP contribution in [-0.2, 0) is 13.0 Å². The van der Waals surface area contributed by atoms with Gasteiger partial charge in [0.05, 0.1) is 28.3 Å². The molecule has 0 spiro atoms. The molecule has 2 aromatic heterocycles. The van der Waals surface area contributed by atoms with Gasteiger partial charge in [0.15, 0.2) is 5.82 Å². The molecule has 1 atom stereocenters.